The molecule has 2 aromatic carbocycles. The molecule has 0 aliphatic heterocycles. The van der Waals surface area contributed by atoms with Crippen LogP contribution in [0.3, 0.4) is 0 Å². The molecule has 0 bridgehead atoms. The number of H-pyrrole nitrogens is 1. The quantitative estimate of drug-likeness (QED) is 0.750. The Kier molecular flexibility index (Phi) is 4.93. The van der Waals surface area contributed by atoms with Gasteiger partial charge in [0.25, 0.3) is 5.56 Å². The van der Waals surface area contributed by atoms with Crippen molar-refractivity contribution in [3.8, 4) is 0 Å². The van der Waals surface area contributed by atoms with Crippen molar-refractivity contribution in [2.75, 3.05) is 0 Å². The molecule has 0 radical (unpaired) electrons. The number of benzene rings is 2. The van der Waals surface area contributed by atoms with Crippen molar-refractivity contribution in [2.45, 2.75) is 26.3 Å². The second kappa shape index (κ2) is 7.30. The van der Waals surface area contributed by atoms with E-state index in [1.807, 2.05) is 31.2 Å². The van der Waals surface area contributed by atoms with Crippen LogP contribution in [0.25, 0.3) is 10.9 Å². The van der Waals surface area contributed by atoms with Gasteiger partial charge in [0.1, 0.15) is 5.82 Å². The number of amides is 1. The van der Waals surface area contributed by atoms with Gasteiger partial charge in [0.15, 0.2) is 0 Å². The first-order valence-corrected chi connectivity index (χ1v) is 8.15. The summed E-state index contributed by atoms with van der Waals surface area (Å²) in [6, 6.07) is 13.9. The molecule has 0 fully saturated rings. The van der Waals surface area contributed by atoms with Gasteiger partial charge in [-0.1, -0.05) is 29.8 Å². The van der Waals surface area contributed by atoms with Gasteiger partial charge in [-0.2, -0.15) is 0 Å². The Labute approximate surface area is 144 Å². The summed E-state index contributed by atoms with van der Waals surface area (Å²) < 4.78 is 13.2. The smallest absolute Gasteiger partial charge is 0.251 e. The van der Waals surface area contributed by atoms with Gasteiger partial charge in [-0.05, 0) is 48.6 Å². The number of aromatic amines is 1. The van der Waals surface area contributed by atoms with E-state index in [1.165, 1.54) is 17.7 Å². The molecule has 0 atom stereocenters. The lowest BCUT2D eigenvalue weighted by molar-refractivity contribution is -0.121. The molecule has 0 aliphatic carbocycles. The zero-order chi connectivity index (χ0) is 17.8. The van der Waals surface area contributed by atoms with Crippen LogP contribution in [-0.2, 0) is 17.8 Å². The molecule has 25 heavy (non-hydrogen) atoms. The number of carbonyl (C=O) groups is 1. The highest BCUT2D eigenvalue weighted by Crippen LogP contribution is 2.13. The second-order valence-electron chi connectivity index (χ2n) is 6.12. The van der Waals surface area contributed by atoms with Gasteiger partial charge in [0, 0.05) is 18.5 Å². The van der Waals surface area contributed by atoms with Crippen molar-refractivity contribution >= 4 is 16.8 Å². The molecule has 1 heterocycles. The van der Waals surface area contributed by atoms with Crippen LogP contribution in [0.4, 0.5) is 4.39 Å². The third-order valence-corrected chi connectivity index (χ3v) is 4.12. The first kappa shape index (κ1) is 16.9. The molecule has 128 valence electrons. The highest BCUT2D eigenvalue weighted by Gasteiger charge is 2.07. The maximum absolute atomic E-state index is 13.2. The van der Waals surface area contributed by atoms with Crippen molar-refractivity contribution < 1.29 is 9.18 Å². The predicted octanol–water partition coefficient (Wildman–Crippen LogP) is 3.22. The van der Waals surface area contributed by atoms with Crippen LogP contribution in [0.1, 0.15) is 23.1 Å². The van der Waals surface area contributed by atoms with E-state index in [0.29, 0.717) is 24.0 Å². The number of rotatable bonds is 5. The minimum atomic E-state index is -0.397. The topological polar surface area (TPSA) is 62.0 Å². The molecule has 0 saturated heterocycles. The van der Waals surface area contributed by atoms with Crippen LogP contribution in [0.5, 0.6) is 0 Å². The minimum Gasteiger partial charge on any atom is -0.352 e. The molecule has 0 unspecified atom stereocenters. The third-order valence-electron chi connectivity index (χ3n) is 4.12. The van der Waals surface area contributed by atoms with Crippen LogP contribution in [0.15, 0.2) is 53.3 Å². The lowest BCUT2D eigenvalue weighted by Crippen LogP contribution is -2.24. The second-order valence-corrected chi connectivity index (χ2v) is 6.12. The monoisotopic (exact) mass is 338 g/mol. The Morgan fingerprint density at radius 3 is 2.64 bits per heavy atom. The average molecular weight is 338 g/mol. The molecular weight excluding hydrogens is 319 g/mol. The number of nitrogens with one attached hydrogen (secondary N) is 2. The highest BCUT2D eigenvalue weighted by atomic mass is 19.1. The molecule has 1 amide bonds. The summed E-state index contributed by atoms with van der Waals surface area (Å²) in [5.74, 6) is -0.509. The van der Waals surface area contributed by atoms with Crippen LogP contribution in [-0.4, -0.2) is 10.9 Å². The fraction of sp³-hybridized carbons (Fsp3) is 0.200. The molecule has 3 aromatic rings. The molecule has 5 heteroatoms. The number of pyridine rings is 1. The maximum atomic E-state index is 13.2. The fourth-order valence-electron chi connectivity index (χ4n) is 2.65. The third kappa shape index (κ3) is 4.32. The van der Waals surface area contributed by atoms with Gasteiger partial charge in [-0.15, -0.1) is 0 Å². The highest BCUT2D eigenvalue weighted by molar-refractivity contribution is 5.79. The maximum Gasteiger partial charge on any atom is 0.251 e. The molecule has 0 spiro atoms. The van der Waals surface area contributed by atoms with Crippen molar-refractivity contribution in [2.24, 2.45) is 0 Å². The standard InChI is InChI=1S/C20H19FN2O2/c1-13-2-4-14(5-3-13)12-22-19(24)9-7-16-10-15-6-8-17(21)11-18(15)23-20(16)25/h2-6,8,10-11H,7,9,12H2,1H3,(H,22,24)(H,23,25). The van der Waals surface area contributed by atoms with Crippen molar-refractivity contribution in [1.29, 1.82) is 0 Å². The van der Waals surface area contributed by atoms with E-state index in [1.54, 1.807) is 12.1 Å². The number of aryl methyl sites for hydroxylation is 2. The molecule has 0 aliphatic rings. The van der Waals surface area contributed by atoms with E-state index < -0.39 is 5.82 Å². The van der Waals surface area contributed by atoms with Gasteiger partial charge in [0.2, 0.25) is 5.91 Å². The van der Waals surface area contributed by atoms with Gasteiger partial charge in [0.05, 0.1) is 5.52 Å². The summed E-state index contributed by atoms with van der Waals surface area (Å²) in [6.07, 6.45) is 0.560. The van der Waals surface area contributed by atoms with Crippen molar-refractivity contribution in [3.63, 3.8) is 0 Å². The molecule has 4 nitrogen and oxygen atoms in total. The van der Waals surface area contributed by atoms with Crippen LogP contribution >= 0.6 is 0 Å². The summed E-state index contributed by atoms with van der Waals surface area (Å²) in [7, 11) is 0. The van der Waals surface area contributed by atoms with E-state index in [4.69, 9.17) is 0 Å². The summed E-state index contributed by atoms with van der Waals surface area (Å²) in [6.45, 7) is 2.48. The zero-order valence-electron chi connectivity index (χ0n) is 13.9. The largest absolute Gasteiger partial charge is 0.352 e. The zero-order valence-corrected chi connectivity index (χ0v) is 13.9. The summed E-state index contributed by atoms with van der Waals surface area (Å²) in [5.41, 5.74) is 2.89. The van der Waals surface area contributed by atoms with Crippen molar-refractivity contribution in [1.82, 2.24) is 10.3 Å². The van der Waals surface area contributed by atoms with E-state index in [9.17, 15) is 14.0 Å². The molecule has 1 aromatic heterocycles. The number of hydrogen-bond donors (Lipinski definition) is 2. The lowest BCUT2D eigenvalue weighted by atomic mass is 10.1. The van der Waals surface area contributed by atoms with E-state index >= 15 is 0 Å². The van der Waals surface area contributed by atoms with Gasteiger partial charge in [-0.3, -0.25) is 9.59 Å². The Balaban J connectivity index is 1.61. The van der Waals surface area contributed by atoms with Crippen LogP contribution in [0, 0.1) is 12.7 Å². The first-order valence-electron chi connectivity index (χ1n) is 8.15. The number of carbonyl (C=O) groups excluding carboxylic acids is 1. The van der Waals surface area contributed by atoms with Gasteiger partial charge < -0.3 is 10.3 Å². The van der Waals surface area contributed by atoms with E-state index in [-0.39, 0.29) is 17.9 Å². The molecule has 0 saturated carbocycles. The number of fused-ring (bicyclic) bond motifs is 1. The van der Waals surface area contributed by atoms with Gasteiger partial charge in [-0.25, -0.2) is 4.39 Å². The van der Waals surface area contributed by atoms with Gasteiger partial charge >= 0.3 is 0 Å². The summed E-state index contributed by atoms with van der Waals surface area (Å²) >= 11 is 0. The van der Waals surface area contributed by atoms with E-state index in [0.717, 1.165) is 10.9 Å². The molecule has 3 rings (SSSR count). The number of aromatic nitrogens is 1. The van der Waals surface area contributed by atoms with Crippen LogP contribution < -0.4 is 10.9 Å². The van der Waals surface area contributed by atoms with Crippen LogP contribution in [0.2, 0.25) is 0 Å². The Morgan fingerprint density at radius 2 is 1.88 bits per heavy atom. The SMILES string of the molecule is Cc1ccc(CNC(=O)CCc2cc3ccc(F)cc3[nH]c2=O)cc1. The van der Waals surface area contributed by atoms with E-state index in [2.05, 4.69) is 10.3 Å². The predicted molar refractivity (Wildman–Crippen MR) is 95.9 cm³/mol. The number of halogens is 1. The first-order chi connectivity index (χ1) is 12.0. The lowest BCUT2D eigenvalue weighted by Gasteiger charge is -2.06. The Bertz CT molecular complexity index is 962. The summed E-state index contributed by atoms with van der Waals surface area (Å²) in [4.78, 5) is 26.7. The normalized spacial score (nSPS) is 10.8. The minimum absolute atomic E-state index is 0.112. The number of hydrogen-bond acceptors (Lipinski definition) is 2. The average Bonchev–Trinajstić information content (AvgIpc) is 2.59. The summed E-state index contributed by atoms with van der Waals surface area (Å²) in [5, 5.41) is 3.60. The molecular formula is C20H19FN2O2. The Morgan fingerprint density at radius 1 is 1.12 bits per heavy atom. The molecule has 2 N–H and O–H groups in total. The van der Waals surface area contributed by atoms with Crippen molar-refractivity contribution in [3.05, 3.63) is 81.4 Å². The Hall–Kier alpha value is -2.95. The fourth-order valence-corrected chi connectivity index (χ4v) is 2.65.